The molecule has 0 amide bonds. The van der Waals surface area contributed by atoms with Crippen LogP contribution in [0.5, 0.6) is 0 Å². The van der Waals surface area contributed by atoms with E-state index in [1.807, 2.05) is 32.3 Å². The molecule has 0 aliphatic carbocycles. The molecule has 0 bridgehead atoms. The summed E-state index contributed by atoms with van der Waals surface area (Å²) in [6.45, 7) is 1.62. The molecule has 3 aromatic rings. The van der Waals surface area contributed by atoms with Crippen molar-refractivity contribution in [2.45, 2.75) is 6.42 Å². The van der Waals surface area contributed by atoms with Crippen LogP contribution < -0.4 is 10.6 Å². The highest BCUT2D eigenvalue weighted by Gasteiger charge is 2.10. The molecule has 28 heavy (non-hydrogen) atoms. The summed E-state index contributed by atoms with van der Waals surface area (Å²) in [5.41, 5.74) is 1.39. The molecule has 3 rings (SSSR count). The van der Waals surface area contributed by atoms with Crippen LogP contribution in [-0.2, 0) is 0 Å². The van der Waals surface area contributed by atoms with Crippen molar-refractivity contribution in [3.63, 3.8) is 0 Å². The van der Waals surface area contributed by atoms with E-state index in [0.29, 0.717) is 29.7 Å². The van der Waals surface area contributed by atoms with Crippen LogP contribution in [0.4, 0.5) is 26.2 Å². The summed E-state index contributed by atoms with van der Waals surface area (Å²) in [5.74, 6) is -0.537. The largest absolute Gasteiger partial charge is 0.354 e. The van der Waals surface area contributed by atoms with Gasteiger partial charge in [0.1, 0.15) is 17.5 Å². The molecular weight excluding hydrogens is 362 g/mol. The Bertz CT molecular complexity index is 918. The van der Waals surface area contributed by atoms with Crippen molar-refractivity contribution < 1.29 is 8.78 Å². The van der Waals surface area contributed by atoms with Crippen molar-refractivity contribution in [2.24, 2.45) is 0 Å². The minimum absolute atomic E-state index is 0.130. The quantitative estimate of drug-likeness (QED) is 0.574. The third-order valence-corrected chi connectivity index (χ3v) is 3.91. The number of rotatable bonds is 8. The fourth-order valence-electron chi connectivity index (χ4n) is 2.56. The van der Waals surface area contributed by atoms with Gasteiger partial charge in [-0.1, -0.05) is 6.07 Å². The lowest BCUT2D eigenvalue weighted by Gasteiger charge is -2.13. The zero-order valence-electron chi connectivity index (χ0n) is 15.8. The van der Waals surface area contributed by atoms with Gasteiger partial charge < -0.3 is 15.5 Å². The number of pyridine rings is 1. The molecule has 0 aliphatic heterocycles. The molecule has 6 nitrogen and oxygen atoms in total. The van der Waals surface area contributed by atoms with E-state index in [4.69, 9.17) is 0 Å². The van der Waals surface area contributed by atoms with E-state index in [1.165, 1.54) is 12.1 Å². The van der Waals surface area contributed by atoms with Gasteiger partial charge in [-0.2, -0.15) is 4.98 Å². The van der Waals surface area contributed by atoms with Crippen molar-refractivity contribution in [3.8, 4) is 11.4 Å². The Kier molecular flexibility index (Phi) is 6.44. The van der Waals surface area contributed by atoms with Gasteiger partial charge in [-0.15, -0.1) is 0 Å². The average molecular weight is 384 g/mol. The summed E-state index contributed by atoms with van der Waals surface area (Å²) in [4.78, 5) is 15.3. The van der Waals surface area contributed by atoms with Crippen LogP contribution >= 0.6 is 0 Å². The summed E-state index contributed by atoms with van der Waals surface area (Å²) in [6, 6.07) is 10.5. The SMILES string of the molecule is CN(C)CCCNc1nc(Nc2ccc(F)cc2F)cc(-c2ccccn2)n1. The normalized spacial score (nSPS) is 10.9. The lowest BCUT2D eigenvalue weighted by molar-refractivity contribution is 0.405. The molecule has 0 saturated heterocycles. The highest BCUT2D eigenvalue weighted by molar-refractivity contribution is 5.65. The topological polar surface area (TPSA) is 66.0 Å². The summed E-state index contributed by atoms with van der Waals surface area (Å²) in [6.07, 6.45) is 2.59. The maximum atomic E-state index is 14.0. The fourth-order valence-corrected chi connectivity index (χ4v) is 2.56. The first-order valence-corrected chi connectivity index (χ1v) is 8.92. The summed E-state index contributed by atoms with van der Waals surface area (Å²) >= 11 is 0. The lowest BCUT2D eigenvalue weighted by Crippen LogP contribution is -2.17. The van der Waals surface area contributed by atoms with E-state index in [-0.39, 0.29) is 5.69 Å². The van der Waals surface area contributed by atoms with Crippen LogP contribution in [-0.4, -0.2) is 47.0 Å². The van der Waals surface area contributed by atoms with Crippen molar-refractivity contribution in [1.29, 1.82) is 0 Å². The Balaban J connectivity index is 1.86. The molecule has 1 aromatic carbocycles. The van der Waals surface area contributed by atoms with Gasteiger partial charge in [0.15, 0.2) is 0 Å². The van der Waals surface area contributed by atoms with Crippen molar-refractivity contribution in [2.75, 3.05) is 37.8 Å². The van der Waals surface area contributed by atoms with E-state index >= 15 is 0 Å². The molecule has 0 aliphatic rings. The number of anilines is 3. The molecule has 2 N–H and O–H groups in total. The van der Waals surface area contributed by atoms with E-state index in [1.54, 1.807) is 12.3 Å². The summed E-state index contributed by atoms with van der Waals surface area (Å²) < 4.78 is 27.2. The Labute approximate surface area is 162 Å². The Morgan fingerprint density at radius 3 is 2.57 bits per heavy atom. The smallest absolute Gasteiger partial charge is 0.225 e. The summed E-state index contributed by atoms with van der Waals surface area (Å²) in [7, 11) is 4.02. The van der Waals surface area contributed by atoms with Gasteiger partial charge in [-0.05, 0) is 51.3 Å². The van der Waals surface area contributed by atoms with Crippen LogP contribution in [0.25, 0.3) is 11.4 Å². The molecular formula is C20H22F2N6. The van der Waals surface area contributed by atoms with E-state index < -0.39 is 11.6 Å². The number of benzene rings is 1. The zero-order chi connectivity index (χ0) is 19.9. The Morgan fingerprint density at radius 2 is 1.86 bits per heavy atom. The first-order valence-electron chi connectivity index (χ1n) is 8.92. The number of nitrogens with one attached hydrogen (secondary N) is 2. The highest BCUT2D eigenvalue weighted by Crippen LogP contribution is 2.24. The van der Waals surface area contributed by atoms with Crippen LogP contribution in [0.1, 0.15) is 6.42 Å². The van der Waals surface area contributed by atoms with Gasteiger partial charge in [0.25, 0.3) is 0 Å². The van der Waals surface area contributed by atoms with Gasteiger partial charge in [0.2, 0.25) is 5.95 Å². The van der Waals surface area contributed by atoms with Gasteiger partial charge >= 0.3 is 0 Å². The third-order valence-electron chi connectivity index (χ3n) is 3.91. The average Bonchev–Trinajstić information content (AvgIpc) is 2.68. The van der Waals surface area contributed by atoms with Crippen molar-refractivity contribution >= 4 is 17.5 Å². The highest BCUT2D eigenvalue weighted by atomic mass is 19.1. The zero-order valence-corrected chi connectivity index (χ0v) is 15.8. The minimum atomic E-state index is -0.696. The van der Waals surface area contributed by atoms with Crippen LogP contribution in [0, 0.1) is 11.6 Å². The van der Waals surface area contributed by atoms with Gasteiger partial charge in [0, 0.05) is 24.9 Å². The van der Waals surface area contributed by atoms with E-state index in [9.17, 15) is 8.78 Å². The molecule has 146 valence electrons. The van der Waals surface area contributed by atoms with Crippen molar-refractivity contribution in [3.05, 3.63) is 60.3 Å². The number of aromatic nitrogens is 3. The number of hydrogen-bond donors (Lipinski definition) is 2. The van der Waals surface area contributed by atoms with E-state index in [2.05, 4.69) is 30.5 Å². The minimum Gasteiger partial charge on any atom is -0.354 e. The third kappa shape index (κ3) is 5.43. The lowest BCUT2D eigenvalue weighted by atomic mass is 10.2. The fraction of sp³-hybridized carbons (Fsp3) is 0.250. The maximum absolute atomic E-state index is 14.0. The maximum Gasteiger partial charge on any atom is 0.225 e. The number of halogens is 2. The number of nitrogens with zero attached hydrogens (tertiary/aromatic N) is 4. The van der Waals surface area contributed by atoms with Gasteiger partial charge in [-0.25, -0.2) is 13.8 Å². The first kappa shape index (κ1) is 19.6. The molecule has 0 fully saturated rings. The van der Waals surface area contributed by atoms with Crippen LogP contribution in [0.3, 0.4) is 0 Å². The standard InChI is InChI=1S/C20H22F2N6/c1-28(2)11-5-10-24-20-26-18(17-6-3-4-9-23-17)13-19(27-20)25-16-8-7-14(21)12-15(16)22/h3-4,6-9,12-13H,5,10-11H2,1-2H3,(H2,24,25,26,27). The second-order valence-electron chi connectivity index (χ2n) is 6.51. The van der Waals surface area contributed by atoms with Gasteiger partial charge in [-0.3, -0.25) is 4.98 Å². The summed E-state index contributed by atoms with van der Waals surface area (Å²) in [5, 5.41) is 6.08. The Hall–Kier alpha value is -3.13. The predicted octanol–water partition coefficient (Wildman–Crippen LogP) is 3.92. The van der Waals surface area contributed by atoms with Crippen LogP contribution in [0.15, 0.2) is 48.7 Å². The van der Waals surface area contributed by atoms with Gasteiger partial charge in [0.05, 0.1) is 17.1 Å². The predicted molar refractivity (Wildman–Crippen MR) is 107 cm³/mol. The molecule has 0 radical (unpaired) electrons. The molecule has 0 unspecified atom stereocenters. The van der Waals surface area contributed by atoms with Crippen molar-refractivity contribution in [1.82, 2.24) is 19.9 Å². The molecule has 2 aromatic heterocycles. The van der Waals surface area contributed by atoms with E-state index in [0.717, 1.165) is 19.0 Å². The monoisotopic (exact) mass is 384 g/mol. The molecule has 0 spiro atoms. The molecule has 0 atom stereocenters. The first-order chi connectivity index (χ1) is 13.5. The second kappa shape index (κ2) is 9.18. The molecule has 2 heterocycles. The number of hydrogen-bond acceptors (Lipinski definition) is 6. The molecule has 8 heteroatoms. The van der Waals surface area contributed by atoms with Crippen LogP contribution in [0.2, 0.25) is 0 Å². The Morgan fingerprint density at radius 1 is 1.00 bits per heavy atom. The molecule has 0 saturated carbocycles. The second-order valence-corrected chi connectivity index (χ2v) is 6.51.